The van der Waals surface area contributed by atoms with Gasteiger partial charge in [0.2, 0.25) is 5.91 Å². The Morgan fingerprint density at radius 1 is 1.00 bits per heavy atom. The summed E-state index contributed by atoms with van der Waals surface area (Å²) < 4.78 is 0. The zero-order valence-corrected chi connectivity index (χ0v) is 18.9. The number of hydrogen-bond donors (Lipinski definition) is 1. The molecule has 4 aliphatic heterocycles. The van der Waals surface area contributed by atoms with E-state index in [0.717, 1.165) is 68.8 Å². The van der Waals surface area contributed by atoms with Crippen LogP contribution in [0, 0.1) is 5.92 Å². The maximum absolute atomic E-state index is 14.3. The molecule has 3 fully saturated rings. The predicted octanol–water partition coefficient (Wildman–Crippen LogP) is 2.13. The molecule has 0 aliphatic carbocycles. The largest absolute Gasteiger partial charge is 0.356 e. The smallest absolute Gasteiger partial charge is 0.253 e. The molecule has 7 nitrogen and oxygen atoms in total. The van der Waals surface area contributed by atoms with Gasteiger partial charge in [0.15, 0.2) is 0 Å². The van der Waals surface area contributed by atoms with Crippen LogP contribution in [0.5, 0.6) is 0 Å². The summed E-state index contributed by atoms with van der Waals surface area (Å²) in [4.78, 5) is 39.0. The number of fused-ring (bicyclic) bond motifs is 4. The summed E-state index contributed by atoms with van der Waals surface area (Å²) in [7, 11) is 0. The number of nitrogens with one attached hydrogen (secondary N) is 1. The molecule has 0 unspecified atom stereocenters. The van der Waals surface area contributed by atoms with Gasteiger partial charge in [0.1, 0.15) is 5.54 Å². The number of anilines is 1. The lowest BCUT2D eigenvalue weighted by Crippen LogP contribution is -2.57. The van der Waals surface area contributed by atoms with E-state index in [1.165, 1.54) is 0 Å². The molecule has 3 saturated heterocycles. The molecule has 3 atom stereocenters. The van der Waals surface area contributed by atoms with Crippen LogP contribution < -0.4 is 10.2 Å². The van der Waals surface area contributed by atoms with Gasteiger partial charge in [-0.3, -0.25) is 24.4 Å². The Balaban J connectivity index is 1.38. The van der Waals surface area contributed by atoms with E-state index in [1.807, 2.05) is 41.4 Å². The van der Waals surface area contributed by atoms with Crippen molar-refractivity contribution in [1.29, 1.82) is 0 Å². The summed E-state index contributed by atoms with van der Waals surface area (Å²) in [5.74, 6) is -0.205. The molecule has 33 heavy (non-hydrogen) atoms. The molecule has 2 aromatic rings. The first-order valence-corrected chi connectivity index (χ1v) is 12.3. The van der Waals surface area contributed by atoms with E-state index in [0.29, 0.717) is 19.1 Å². The van der Waals surface area contributed by atoms with Crippen LogP contribution in [0.1, 0.15) is 36.9 Å². The molecule has 1 N–H and O–H groups in total. The van der Waals surface area contributed by atoms with Gasteiger partial charge < -0.3 is 10.2 Å². The molecule has 2 amide bonds. The molecule has 0 saturated carbocycles. The Hall–Kier alpha value is -2.77. The maximum Gasteiger partial charge on any atom is 0.253 e. The lowest BCUT2D eigenvalue weighted by molar-refractivity contribution is -0.139. The van der Waals surface area contributed by atoms with Crippen molar-refractivity contribution in [1.82, 2.24) is 20.1 Å². The molecule has 6 rings (SSSR count). The molecule has 4 aliphatic rings. The van der Waals surface area contributed by atoms with E-state index in [9.17, 15) is 9.59 Å². The average molecular weight is 446 g/mol. The van der Waals surface area contributed by atoms with Crippen LogP contribution in [0.3, 0.4) is 0 Å². The summed E-state index contributed by atoms with van der Waals surface area (Å²) in [5.41, 5.74) is 2.17. The molecule has 5 heterocycles. The quantitative estimate of drug-likeness (QED) is 0.767. The summed E-state index contributed by atoms with van der Waals surface area (Å²) >= 11 is 0. The standard InChI is InChI=1S/C26H31N5O2/c32-24-22-17-20-8-5-14-31(20)26(22)21-9-1-2-10-23(21)30(25(26)33)16-15-29(13-6-12-28-24)18-19-7-3-4-11-27-19/h1-4,7,9-11,20,22H,5-6,8,12-18H2,(H,28,32)/t20-,22+,26+/m0/s1. The normalized spacial score (nSPS) is 30.2. The van der Waals surface area contributed by atoms with Crippen molar-refractivity contribution in [3.63, 3.8) is 0 Å². The van der Waals surface area contributed by atoms with Crippen LogP contribution >= 0.6 is 0 Å². The SMILES string of the molecule is O=C1NCCCN(Cc2ccccn2)CCN2C(=O)[C@@]3(c4ccccc42)[C@@H]1C[C@@H]1CCCN13. The Kier molecular flexibility index (Phi) is 5.18. The lowest BCUT2D eigenvalue weighted by atomic mass is 9.78. The summed E-state index contributed by atoms with van der Waals surface area (Å²) in [6.07, 6.45) is 5.63. The molecular formula is C26H31N5O2. The molecule has 1 aromatic carbocycles. The third kappa shape index (κ3) is 3.21. The van der Waals surface area contributed by atoms with Gasteiger partial charge in [-0.1, -0.05) is 24.3 Å². The van der Waals surface area contributed by atoms with Crippen molar-refractivity contribution >= 4 is 17.5 Å². The number of rotatable bonds is 2. The summed E-state index contributed by atoms with van der Waals surface area (Å²) in [6.45, 7) is 4.50. The molecule has 1 spiro atoms. The van der Waals surface area contributed by atoms with Crippen LogP contribution in [-0.4, -0.2) is 65.4 Å². The number of benzene rings is 1. The van der Waals surface area contributed by atoms with E-state index in [-0.39, 0.29) is 17.7 Å². The molecule has 1 aromatic heterocycles. The number of pyridine rings is 1. The van der Waals surface area contributed by atoms with Gasteiger partial charge in [-0.25, -0.2) is 0 Å². The number of para-hydroxylation sites is 1. The van der Waals surface area contributed by atoms with E-state index in [1.54, 1.807) is 0 Å². The highest BCUT2D eigenvalue weighted by molar-refractivity contribution is 6.10. The highest BCUT2D eigenvalue weighted by atomic mass is 16.2. The van der Waals surface area contributed by atoms with E-state index >= 15 is 0 Å². The van der Waals surface area contributed by atoms with Gasteiger partial charge in [-0.15, -0.1) is 0 Å². The second-order valence-electron chi connectivity index (χ2n) is 9.76. The molecule has 0 radical (unpaired) electrons. The van der Waals surface area contributed by atoms with Crippen molar-refractivity contribution in [2.24, 2.45) is 5.92 Å². The maximum atomic E-state index is 14.3. The number of nitrogens with zero attached hydrogens (tertiary/aromatic N) is 4. The Labute approximate surface area is 194 Å². The van der Waals surface area contributed by atoms with Crippen molar-refractivity contribution in [3.8, 4) is 0 Å². The molecule has 172 valence electrons. The fourth-order valence-corrected chi connectivity index (χ4v) is 6.65. The van der Waals surface area contributed by atoms with Gasteiger partial charge in [0.05, 0.1) is 11.6 Å². The second kappa shape index (κ2) is 8.22. The van der Waals surface area contributed by atoms with Gasteiger partial charge in [0, 0.05) is 56.2 Å². The van der Waals surface area contributed by atoms with Crippen LogP contribution in [0.4, 0.5) is 5.69 Å². The lowest BCUT2D eigenvalue weighted by Gasteiger charge is -2.37. The summed E-state index contributed by atoms with van der Waals surface area (Å²) in [5, 5.41) is 3.20. The first-order chi connectivity index (χ1) is 16.2. The van der Waals surface area contributed by atoms with Gasteiger partial charge in [0.25, 0.3) is 5.91 Å². The zero-order valence-electron chi connectivity index (χ0n) is 18.9. The van der Waals surface area contributed by atoms with Crippen molar-refractivity contribution in [2.75, 3.05) is 37.6 Å². The van der Waals surface area contributed by atoms with Crippen LogP contribution in [0.2, 0.25) is 0 Å². The monoisotopic (exact) mass is 445 g/mol. The minimum atomic E-state index is -0.854. The average Bonchev–Trinajstić information content (AvgIpc) is 3.49. The van der Waals surface area contributed by atoms with Crippen LogP contribution in [0.15, 0.2) is 48.7 Å². The predicted molar refractivity (Wildman–Crippen MR) is 125 cm³/mol. The number of amides is 2. The van der Waals surface area contributed by atoms with E-state index < -0.39 is 5.54 Å². The van der Waals surface area contributed by atoms with Crippen molar-refractivity contribution < 1.29 is 9.59 Å². The molecule has 7 heteroatoms. The summed E-state index contributed by atoms with van der Waals surface area (Å²) in [6, 6.07) is 14.5. The molecular weight excluding hydrogens is 414 g/mol. The first-order valence-electron chi connectivity index (χ1n) is 12.3. The fourth-order valence-electron chi connectivity index (χ4n) is 6.65. The second-order valence-corrected chi connectivity index (χ2v) is 9.76. The van der Waals surface area contributed by atoms with E-state index in [2.05, 4.69) is 32.2 Å². The van der Waals surface area contributed by atoms with Crippen molar-refractivity contribution in [3.05, 3.63) is 59.9 Å². The van der Waals surface area contributed by atoms with Crippen LogP contribution in [0.25, 0.3) is 0 Å². The van der Waals surface area contributed by atoms with Gasteiger partial charge in [-0.2, -0.15) is 0 Å². The third-order valence-corrected chi connectivity index (χ3v) is 8.04. The van der Waals surface area contributed by atoms with Crippen LogP contribution in [-0.2, 0) is 21.7 Å². The highest BCUT2D eigenvalue weighted by Crippen LogP contribution is 2.56. The minimum absolute atomic E-state index is 0.0336. The van der Waals surface area contributed by atoms with E-state index in [4.69, 9.17) is 0 Å². The number of aromatic nitrogens is 1. The zero-order chi connectivity index (χ0) is 22.4. The topological polar surface area (TPSA) is 68.8 Å². The first kappa shape index (κ1) is 20.8. The fraction of sp³-hybridized carbons (Fsp3) is 0.500. The highest BCUT2D eigenvalue weighted by Gasteiger charge is 2.67. The van der Waals surface area contributed by atoms with Gasteiger partial charge in [-0.05, 0) is 50.4 Å². The number of hydrogen-bond acceptors (Lipinski definition) is 5. The number of carbonyl (C=O) groups excluding carboxylic acids is 2. The number of carbonyl (C=O) groups is 2. The Morgan fingerprint density at radius 2 is 1.88 bits per heavy atom. The Morgan fingerprint density at radius 3 is 2.76 bits per heavy atom. The van der Waals surface area contributed by atoms with Gasteiger partial charge >= 0.3 is 0 Å². The third-order valence-electron chi connectivity index (χ3n) is 8.04. The minimum Gasteiger partial charge on any atom is -0.356 e. The Bertz CT molecular complexity index is 1060. The van der Waals surface area contributed by atoms with Crippen molar-refractivity contribution in [2.45, 2.75) is 43.8 Å². The molecule has 2 bridgehead atoms.